The van der Waals surface area contributed by atoms with Crippen LogP contribution in [0.2, 0.25) is 0 Å². The van der Waals surface area contributed by atoms with Crippen LogP contribution in [-0.2, 0) is 4.79 Å². The van der Waals surface area contributed by atoms with Crippen molar-refractivity contribution in [2.75, 3.05) is 18.0 Å². The first-order chi connectivity index (χ1) is 7.79. The van der Waals surface area contributed by atoms with E-state index < -0.39 is 0 Å². The van der Waals surface area contributed by atoms with Crippen LogP contribution in [0.5, 0.6) is 0 Å². The molecule has 0 amide bonds. The van der Waals surface area contributed by atoms with E-state index in [1.54, 1.807) is 0 Å². The summed E-state index contributed by atoms with van der Waals surface area (Å²) in [4.78, 5) is 13.4. The van der Waals surface area contributed by atoms with Crippen LogP contribution in [0.25, 0.3) is 6.08 Å². The summed E-state index contributed by atoms with van der Waals surface area (Å²) in [6.07, 6.45) is 5.51. The van der Waals surface area contributed by atoms with Crippen LogP contribution in [0.1, 0.15) is 25.3 Å². The summed E-state index contributed by atoms with van der Waals surface area (Å²) in [7, 11) is 0. The van der Waals surface area contributed by atoms with Crippen molar-refractivity contribution in [3.05, 3.63) is 35.9 Å². The highest BCUT2D eigenvalue weighted by atomic mass is 16.1. The summed E-state index contributed by atoms with van der Waals surface area (Å²) in [6.45, 7) is 3.74. The standard InChI is InChI=1S/C14H17NO/c1-2-3-12-4-6-13(7-5-12)15-10-8-14(16)9-11-15/h2-7H,8-11H2,1H3/b3-2+. The van der Waals surface area contributed by atoms with Crippen molar-refractivity contribution in [3.63, 3.8) is 0 Å². The van der Waals surface area contributed by atoms with Crippen molar-refractivity contribution in [3.8, 4) is 0 Å². The Bertz CT molecular complexity index is 382. The second kappa shape index (κ2) is 4.97. The van der Waals surface area contributed by atoms with E-state index in [0.717, 1.165) is 13.1 Å². The molecule has 0 atom stereocenters. The maximum Gasteiger partial charge on any atom is 0.136 e. The Labute approximate surface area is 96.6 Å². The van der Waals surface area contributed by atoms with Crippen molar-refractivity contribution in [1.29, 1.82) is 0 Å². The molecule has 1 heterocycles. The Hall–Kier alpha value is -1.57. The smallest absolute Gasteiger partial charge is 0.136 e. The Morgan fingerprint density at radius 1 is 1.12 bits per heavy atom. The summed E-state index contributed by atoms with van der Waals surface area (Å²) in [5, 5.41) is 0. The van der Waals surface area contributed by atoms with E-state index in [1.807, 2.05) is 13.0 Å². The molecule has 2 nitrogen and oxygen atoms in total. The van der Waals surface area contributed by atoms with Crippen LogP contribution < -0.4 is 4.90 Å². The van der Waals surface area contributed by atoms with Crippen molar-refractivity contribution >= 4 is 17.5 Å². The lowest BCUT2D eigenvalue weighted by Gasteiger charge is -2.28. The van der Waals surface area contributed by atoms with E-state index in [1.165, 1.54) is 11.3 Å². The minimum absolute atomic E-state index is 0.391. The molecule has 0 aliphatic carbocycles. The number of Topliss-reactive ketones (excluding diaryl/α,β-unsaturated/α-hetero) is 1. The molecule has 2 rings (SSSR count). The highest BCUT2D eigenvalue weighted by Crippen LogP contribution is 2.19. The van der Waals surface area contributed by atoms with Crippen LogP contribution in [-0.4, -0.2) is 18.9 Å². The third kappa shape index (κ3) is 2.51. The maximum atomic E-state index is 11.1. The number of piperidine rings is 1. The van der Waals surface area contributed by atoms with Gasteiger partial charge in [0.1, 0.15) is 5.78 Å². The minimum atomic E-state index is 0.391. The number of rotatable bonds is 2. The molecule has 1 saturated heterocycles. The van der Waals surface area contributed by atoms with Crippen molar-refractivity contribution in [2.24, 2.45) is 0 Å². The zero-order valence-corrected chi connectivity index (χ0v) is 9.65. The van der Waals surface area contributed by atoms with Gasteiger partial charge < -0.3 is 4.90 Å². The lowest BCUT2D eigenvalue weighted by Crippen LogP contribution is -2.33. The minimum Gasteiger partial charge on any atom is -0.371 e. The molecule has 1 aliphatic rings. The molecule has 0 unspecified atom stereocenters. The molecule has 84 valence electrons. The molecule has 1 aliphatic heterocycles. The van der Waals surface area contributed by atoms with Gasteiger partial charge in [0.15, 0.2) is 0 Å². The lowest BCUT2D eigenvalue weighted by molar-refractivity contribution is -0.119. The van der Waals surface area contributed by atoms with E-state index >= 15 is 0 Å². The zero-order chi connectivity index (χ0) is 11.4. The summed E-state index contributed by atoms with van der Waals surface area (Å²) in [6, 6.07) is 8.49. The van der Waals surface area contributed by atoms with Gasteiger partial charge in [0.05, 0.1) is 0 Å². The fraction of sp³-hybridized carbons (Fsp3) is 0.357. The van der Waals surface area contributed by atoms with Gasteiger partial charge in [-0.05, 0) is 24.6 Å². The SMILES string of the molecule is C/C=C/c1ccc(N2CCC(=O)CC2)cc1. The molecule has 0 N–H and O–H groups in total. The number of hydrogen-bond acceptors (Lipinski definition) is 2. The summed E-state index contributed by atoms with van der Waals surface area (Å²) in [5.41, 5.74) is 2.44. The van der Waals surface area contributed by atoms with E-state index in [9.17, 15) is 4.79 Å². The fourth-order valence-electron chi connectivity index (χ4n) is 2.00. The molecule has 1 aromatic rings. The van der Waals surface area contributed by atoms with Gasteiger partial charge in [-0.3, -0.25) is 4.79 Å². The number of ketones is 1. The van der Waals surface area contributed by atoms with Gasteiger partial charge in [-0.2, -0.15) is 0 Å². The van der Waals surface area contributed by atoms with Gasteiger partial charge in [-0.1, -0.05) is 24.3 Å². The van der Waals surface area contributed by atoms with E-state index in [4.69, 9.17) is 0 Å². The van der Waals surface area contributed by atoms with E-state index in [0.29, 0.717) is 18.6 Å². The first kappa shape index (κ1) is 10.9. The topological polar surface area (TPSA) is 20.3 Å². The average Bonchev–Trinajstić information content (AvgIpc) is 2.32. The number of nitrogens with zero attached hydrogens (tertiary/aromatic N) is 1. The van der Waals surface area contributed by atoms with Gasteiger partial charge in [-0.15, -0.1) is 0 Å². The van der Waals surface area contributed by atoms with Crippen LogP contribution in [0.3, 0.4) is 0 Å². The normalized spacial score (nSPS) is 17.1. The molecule has 2 heteroatoms. The van der Waals surface area contributed by atoms with E-state index in [2.05, 4.69) is 35.2 Å². The molecule has 0 radical (unpaired) electrons. The van der Waals surface area contributed by atoms with Crippen molar-refractivity contribution in [2.45, 2.75) is 19.8 Å². The number of carbonyl (C=O) groups excluding carboxylic acids is 1. The molecule has 0 saturated carbocycles. The Morgan fingerprint density at radius 3 is 2.31 bits per heavy atom. The number of benzene rings is 1. The van der Waals surface area contributed by atoms with Gasteiger partial charge in [0, 0.05) is 31.6 Å². The summed E-state index contributed by atoms with van der Waals surface area (Å²) >= 11 is 0. The van der Waals surface area contributed by atoms with E-state index in [-0.39, 0.29) is 0 Å². The van der Waals surface area contributed by atoms with Gasteiger partial charge in [0.2, 0.25) is 0 Å². The third-order valence-corrected chi connectivity index (χ3v) is 2.94. The number of hydrogen-bond donors (Lipinski definition) is 0. The van der Waals surface area contributed by atoms with Crippen LogP contribution in [0.15, 0.2) is 30.3 Å². The molecule has 0 bridgehead atoms. The first-order valence-electron chi connectivity index (χ1n) is 5.79. The predicted octanol–water partition coefficient (Wildman–Crippen LogP) is 2.89. The Kier molecular flexibility index (Phi) is 3.40. The monoisotopic (exact) mass is 215 g/mol. The average molecular weight is 215 g/mol. The quantitative estimate of drug-likeness (QED) is 0.756. The number of carbonyl (C=O) groups is 1. The summed E-state index contributed by atoms with van der Waals surface area (Å²) < 4.78 is 0. The first-order valence-corrected chi connectivity index (χ1v) is 5.79. The Balaban J connectivity index is 2.06. The molecule has 1 aromatic carbocycles. The zero-order valence-electron chi connectivity index (χ0n) is 9.65. The number of allylic oxidation sites excluding steroid dienone is 1. The van der Waals surface area contributed by atoms with Gasteiger partial charge in [0.25, 0.3) is 0 Å². The fourth-order valence-corrected chi connectivity index (χ4v) is 2.00. The van der Waals surface area contributed by atoms with Crippen LogP contribution in [0.4, 0.5) is 5.69 Å². The van der Waals surface area contributed by atoms with Gasteiger partial charge in [-0.25, -0.2) is 0 Å². The molecule has 0 aromatic heterocycles. The highest BCUT2D eigenvalue weighted by Gasteiger charge is 2.15. The van der Waals surface area contributed by atoms with Crippen LogP contribution >= 0.6 is 0 Å². The van der Waals surface area contributed by atoms with Crippen molar-refractivity contribution < 1.29 is 4.79 Å². The van der Waals surface area contributed by atoms with Crippen molar-refractivity contribution in [1.82, 2.24) is 0 Å². The summed E-state index contributed by atoms with van der Waals surface area (Å²) in [5.74, 6) is 0.391. The molecule has 1 fully saturated rings. The largest absolute Gasteiger partial charge is 0.371 e. The third-order valence-electron chi connectivity index (χ3n) is 2.94. The van der Waals surface area contributed by atoms with Crippen LogP contribution in [0, 0.1) is 0 Å². The molecular weight excluding hydrogens is 198 g/mol. The molecule has 0 spiro atoms. The molecule has 16 heavy (non-hydrogen) atoms. The second-order valence-electron chi connectivity index (χ2n) is 4.12. The highest BCUT2D eigenvalue weighted by molar-refractivity contribution is 5.81. The second-order valence-corrected chi connectivity index (χ2v) is 4.12. The van der Waals surface area contributed by atoms with Gasteiger partial charge >= 0.3 is 0 Å². The predicted molar refractivity (Wildman–Crippen MR) is 67.6 cm³/mol. The maximum absolute atomic E-state index is 11.1. The number of anilines is 1. The lowest BCUT2D eigenvalue weighted by atomic mass is 10.1. The Morgan fingerprint density at radius 2 is 1.75 bits per heavy atom. The molecular formula is C14H17NO.